The van der Waals surface area contributed by atoms with Crippen LogP contribution in [0, 0.1) is 0 Å². The van der Waals surface area contributed by atoms with Gasteiger partial charge in [-0.25, -0.2) is 0 Å². The van der Waals surface area contributed by atoms with Crippen LogP contribution in [0.4, 0.5) is 11.8 Å². The molecule has 0 spiro atoms. The molecule has 0 aromatic carbocycles. The van der Waals surface area contributed by atoms with Crippen LogP contribution in [-0.4, -0.2) is 23.6 Å². The first-order chi connectivity index (χ1) is 6.26. The highest BCUT2D eigenvalue weighted by atomic mass is 16.5. The van der Waals surface area contributed by atoms with Gasteiger partial charge in [0.1, 0.15) is 5.82 Å². The predicted molar refractivity (Wildman–Crippen MR) is 51.7 cm³/mol. The van der Waals surface area contributed by atoms with Crippen LogP contribution in [0.25, 0.3) is 0 Å². The lowest BCUT2D eigenvalue weighted by atomic mass is 10.5. The fraction of sp³-hybridized carbons (Fsp3) is 0.250. The van der Waals surface area contributed by atoms with Crippen molar-refractivity contribution in [3.63, 3.8) is 0 Å². The lowest BCUT2D eigenvalue weighted by Gasteiger charge is -2.04. The van der Waals surface area contributed by atoms with Crippen molar-refractivity contribution >= 4 is 11.8 Å². The summed E-state index contributed by atoms with van der Waals surface area (Å²) in [5, 5.41) is 2.98. The van der Waals surface area contributed by atoms with Crippen molar-refractivity contribution in [2.24, 2.45) is 0 Å². The summed E-state index contributed by atoms with van der Waals surface area (Å²) >= 11 is 0. The molecular weight excluding hydrogens is 168 g/mol. The molecule has 0 aliphatic carbocycles. The van der Waals surface area contributed by atoms with E-state index >= 15 is 0 Å². The van der Waals surface area contributed by atoms with E-state index in [1.54, 1.807) is 12.1 Å². The molecule has 13 heavy (non-hydrogen) atoms. The summed E-state index contributed by atoms with van der Waals surface area (Å²) in [6.07, 6.45) is 1.73. The molecule has 1 aromatic heterocycles. The second kappa shape index (κ2) is 4.30. The van der Waals surface area contributed by atoms with Gasteiger partial charge in [-0.15, -0.1) is 6.58 Å². The van der Waals surface area contributed by atoms with Gasteiger partial charge in [0.05, 0.1) is 7.11 Å². The maximum Gasteiger partial charge on any atom is 0.225 e. The van der Waals surface area contributed by atoms with Crippen molar-refractivity contribution in [3.8, 4) is 5.88 Å². The molecule has 5 nitrogen and oxygen atoms in total. The molecule has 0 amide bonds. The molecule has 0 aliphatic rings. The van der Waals surface area contributed by atoms with Gasteiger partial charge in [0.25, 0.3) is 0 Å². The van der Waals surface area contributed by atoms with Crippen molar-refractivity contribution < 1.29 is 4.74 Å². The monoisotopic (exact) mass is 180 g/mol. The Kier molecular flexibility index (Phi) is 3.08. The van der Waals surface area contributed by atoms with Crippen molar-refractivity contribution in [2.45, 2.75) is 0 Å². The second-order valence-electron chi connectivity index (χ2n) is 2.32. The summed E-state index contributed by atoms with van der Waals surface area (Å²) in [6.45, 7) is 4.20. The van der Waals surface area contributed by atoms with Crippen LogP contribution in [0.15, 0.2) is 18.7 Å². The summed E-state index contributed by atoms with van der Waals surface area (Å²) in [4.78, 5) is 7.79. The third-order valence-electron chi connectivity index (χ3n) is 1.36. The Morgan fingerprint density at radius 1 is 1.69 bits per heavy atom. The zero-order valence-electron chi connectivity index (χ0n) is 7.45. The highest BCUT2D eigenvalue weighted by Crippen LogP contribution is 2.13. The molecule has 0 bridgehead atoms. The Bertz CT molecular complexity index is 300. The van der Waals surface area contributed by atoms with Gasteiger partial charge in [-0.1, -0.05) is 6.08 Å². The molecule has 70 valence electrons. The average Bonchev–Trinajstić information content (AvgIpc) is 2.14. The van der Waals surface area contributed by atoms with Gasteiger partial charge >= 0.3 is 0 Å². The summed E-state index contributed by atoms with van der Waals surface area (Å²) in [5.41, 5.74) is 5.44. The van der Waals surface area contributed by atoms with Crippen LogP contribution in [0.2, 0.25) is 0 Å². The van der Waals surface area contributed by atoms with Gasteiger partial charge in [0.2, 0.25) is 11.8 Å². The lowest BCUT2D eigenvalue weighted by molar-refractivity contribution is 0.398. The average molecular weight is 180 g/mol. The lowest BCUT2D eigenvalue weighted by Crippen LogP contribution is -2.04. The fourth-order valence-corrected chi connectivity index (χ4v) is 0.815. The minimum Gasteiger partial charge on any atom is -0.481 e. The van der Waals surface area contributed by atoms with Crippen LogP contribution < -0.4 is 15.8 Å². The number of nitrogens with one attached hydrogen (secondary N) is 1. The van der Waals surface area contributed by atoms with Crippen molar-refractivity contribution in [2.75, 3.05) is 24.7 Å². The van der Waals surface area contributed by atoms with Gasteiger partial charge in [0.15, 0.2) is 0 Å². The summed E-state index contributed by atoms with van der Waals surface area (Å²) < 4.78 is 4.92. The molecule has 5 heteroatoms. The Balaban J connectivity index is 2.81. The molecule has 0 atom stereocenters. The minimum absolute atomic E-state index is 0.186. The standard InChI is InChI=1S/C8H12N4O/c1-3-4-10-6-5-7(13-2)12-8(9)11-6/h3,5H,1,4H2,2H3,(H3,9,10,11,12). The third kappa shape index (κ3) is 2.62. The number of nitrogens with two attached hydrogens (primary N) is 1. The van der Waals surface area contributed by atoms with Gasteiger partial charge in [-0.05, 0) is 0 Å². The van der Waals surface area contributed by atoms with Crippen LogP contribution in [0.1, 0.15) is 0 Å². The Hall–Kier alpha value is -1.78. The zero-order valence-corrected chi connectivity index (χ0v) is 7.45. The zero-order chi connectivity index (χ0) is 9.68. The second-order valence-corrected chi connectivity index (χ2v) is 2.32. The first-order valence-electron chi connectivity index (χ1n) is 3.79. The number of anilines is 2. The van der Waals surface area contributed by atoms with E-state index in [0.29, 0.717) is 18.2 Å². The number of methoxy groups -OCH3 is 1. The SMILES string of the molecule is C=CCNc1cc(OC)nc(N)n1. The molecule has 1 rings (SSSR count). The molecule has 0 radical (unpaired) electrons. The van der Waals surface area contributed by atoms with Gasteiger partial charge < -0.3 is 15.8 Å². The van der Waals surface area contributed by atoms with E-state index in [1.165, 1.54) is 7.11 Å². The Labute approximate surface area is 76.6 Å². The smallest absolute Gasteiger partial charge is 0.225 e. The molecule has 1 aromatic rings. The summed E-state index contributed by atoms with van der Waals surface area (Å²) in [7, 11) is 1.53. The van der Waals surface area contributed by atoms with E-state index in [-0.39, 0.29) is 5.95 Å². The first-order valence-corrected chi connectivity index (χ1v) is 3.79. The van der Waals surface area contributed by atoms with Gasteiger partial charge in [-0.2, -0.15) is 9.97 Å². The van der Waals surface area contributed by atoms with Gasteiger partial charge in [0, 0.05) is 12.6 Å². The van der Waals surface area contributed by atoms with Crippen LogP contribution in [-0.2, 0) is 0 Å². The van der Waals surface area contributed by atoms with E-state index in [4.69, 9.17) is 10.5 Å². The van der Waals surface area contributed by atoms with E-state index in [2.05, 4.69) is 21.9 Å². The number of hydrogen-bond donors (Lipinski definition) is 2. The number of rotatable bonds is 4. The molecular formula is C8H12N4O. The largest absolute Gasteiger partial charge is 0.481 e. The van der Waals surface area contributed by atoms with Crippen LogP contribution in [0.5, 0.6) is 5.88 Å². The number of nitrogen functional groups attached to an aromatic ring is 1. The van der Waals surface area contributed by atoms with Crippen LogP contribution in [0.3, 0.4) is 0 Å². The fourth-order valence-electron chi connectivity index (χ4n) is 0.815. The van der Waals surface area contributed by atoms with Crippen molar-refractivity contribution in [1.82, 2.24) is 9.97 Å². The number of hydrogen-bond acceptors (Lipinski definition) is 5. The molecule has 0 saturated heterocycles. The Morgan fingerprint density at radius 2 is 2.46 bits per heavy atom. The topological polar surface area (TPSA) is 73.1 Å². The number of nitrogens with zero attached hydrogens (tertiary/aromatic N) is 2. The maximum atomic E-state index is 5.44. The minimum atomic E-state index is 0.186. The molecule has 0 aliphatic heterocycles. The van der Waals surface area contributed by atoms with Crippen molar-refractivity contribution in [1.29, 1.82) is 0 Å². The van der Waals surface area contributed by atoms with E-state index in [0.717, 1.165) is 0 Å². The van der Waals surface area contributed by atoms with E-state index < -0.39 is 0 Å². The van der Waals surface area contributed by atoms with Gasteiger partial charge in [-0.3, -0.25) is 0 Å². The molecule has 3 N–H and O–H groups in total. The molecule has 0 fully saturated rings. The highest BCUT2D eigenvalue weighted by molar-refractivity contribution is 5.43. The third-order valence-corrected chi connectivity index (χ3v) is 1.36. The maximum absolute atomic E-state index is 5.44. The Morgan fingerprint density at radius 3 is 3.08 bits per heavy atom. The normalized spacial score (nSPS) is 9.31. The molecule has 0 unspecified atom stereocenters. The molecule has 0 saturated carbocycles. The van der Waals surface area contributed by atoms with E-state index in [9.17, 15) is 0 Å². The highest BCUT2D eigenvalue weighted by Gasteiger charge is 2.00. The van der Waals surface area contributed by atoms with Crippen LogP contribution >= 0.6 is 0 Å². The summed E-state index contributed by atoms with van der Waals surface area (Å²) in [5.74, 6) is 1.26. The summed E-state index contributed by atoms with van der Waals surface area (Å²) in [6, 6.07) is 1.67. The predicted octanol–water partition coefficient (Wildman–Crippen LogP) is 0.665. The molecule has 1 heterocycles. The van der Waals surface area contributed by atoms with Crippen molar-refractivity contribution in [3.05, 3.63) is 18.7 Å². The quantitative estimate of drug-likeness (QED) is 0.666. The van der Waals surface area contributed by atoms with E-state index in [1.807, 2.05) is 0 Å². The number of aromatic nitrogens is 2. The first kappa shape index (κ1) is 9.31. The number of ether oxygens (including phenoxy) is 1.